The van der Waals surface area contributed by atoms with Crippen molar-refractivity contribution in [3.8, 4) is 11.1 Å². The highest BCUT2D eigenvalue weighted by Crippen LogP contribution is 2.44. The van der Waals surface area contributed by atoms with Crippen LogP contribution in [0.5, 0.6) is 0 Å². The smallest absolute Gasteiger partial charge is 0.407 e. The monoisotopic (exact) mass is 450 g/mol. The van der Waals surface area contributed by atoms with E-state index in [0.717, 1.165) is 22.3 Å². The zero-order chi connectivity index (χ0) is 23.0. The second-order valence-electron chi connectivity index (χ2n) is 8.95. The first-order chi connectivity index (χ1) is 16.0. The second kappa shape index (κ2) is 8.51. The maximum atomic E-state index is 12.7. The Morgan fingerprint density at radius 2 is 1.70 bits per heavy atom. The van der Waals surface area contributed by atoms with Crippen molar-refractivity contribution in [3.05, 3.63) is 59.7 Å². The lowest BCUT2D eigenvalue weighted by Crippen LogP contribution is -2.50. The van der Waals surface area contributed by atoms with Gasteiger partial charge in [0.2, 0.25) is 5.91 Å². The van der Waals surface area contributed by atoms with Crippen molar-refractivity contribution in [3.63, 3.8) is 0 Å². The Morgan fingerprint density at radius 1 is 1.06 bits per heavy atom. The average molecular weight is 450 g/mol. The number of benzene rings is 2. The fourth-order valence-corrected chi connectivity index (χ4v) is 4.77. The van der Waals surface area contributed by atoms with Crippen molar-refractivity contribution in [2.24, 2.45) is 0 Å². The molecule has 0 bridgehead atoms. The Kier molecular flexibility index (Phi) is 5.54. The first kappa shape index (κ1) is 21.5. The van der Waals surface area contributed by atoms with Gasteiger partial charge in [-0.3, -0.25) is 4.79 Å². The van der Waals surface area contributed by atoms with Crippen molar-refractivity contribution in [1.29, 1.82) is 0 Å². The summed E-state index contributed by atoms with van der Waals surface area (Å²) in [6, 6.07) is 16.3. The molecule has 2 fully saturated rings. The zero-order valence-electron chi connectivity index (χ0n) is 18.2. The van der Waals surface area contributed by atoms with Gasteiger partial charge >= 0.3 is 12.1 Å². The fraction of sp³-hybridized carbons (Fsp3) is 0.400. The summed E-state index contributed by atoms with van der Waals surface area (Å²) in [5, 5.41) is 12.0. The molecule has 1 saturated carbocycles. The highest BCUT2D eigenvalue weighted by atomic mass is 16.5. The molecule has 1 aliphatic heterocycles. The van der Waals surface area contributed by atoms with E-state index in [-0.39, 0.29) is 38.0 Å². The van der Waals surface area contributed by atoms with Crippen molar-refractivity contribution in [2.45, 2.75) is 36.8 Å². The molecule has 2 amide bonds. The Morgan fingerprint density at radius 3 is 2.30 bits per heavy atom. The third-order valence-corrected chi connectivity index (χ3v) is 6.75. The molecule has 1 heterocycles. The number of fused-ring (bicyclic) bond motifs is 3. The molecule has 1 unspecified atom stereocenters. The minimum atomic E-state index is -1.08. The largest absolute Gasteiger partial charge is 0.479 e. The van der Waals surface area contributed by atoms with Gasteiger partial charge in [-0.25, -0.2) is 9.59 Å². The van der Waals surface area contributed by atoms with Gasteiger partial charge < -0.3 is 24.8 Å². The molecular weight excluding hydrogens is 424 g/mol. The van der Waals surface area contributed by atoms with Crippen molar-refractivity contribution < 1.29 is 29.0 Å². The second-order valence-corrected chi connectivity index (χ2v) is 8.95. The van der Waals surface area contributed by atoms with E-state index in [4.69, 9.17) is 14.6 Å². The quantitative estimate of drug-likeness (QED) is 0.701. The topological polar surface area (TPSA) is 105 Å². The Bertz CT molecular complexity index is 1050. The molecule has 33 heavy (non-hydrogen) atoms. The standard InChI is InChI=1S/C25H26N2O6/c28-22(27-11-12-32-21(14-27)23(29)30)13-25(9-10-25)26-24(31)33-15-20-18-7-3-1-5-16(18)17-6-2-4-8-19(17)20/h1-8,20-21H,9-15H2,(H,26,31)(H,29,30). The molecule has 0 aromatic heterocycles. The van der Waals surface area contributed by atoms with Gasteiger partial charge in [0.15, 0.2) is 6.10 Å². The lowest BCUT2D eigenvalue weighted by Gasteiger charge is -2.32. The number of carbonyl (C=O) groups is 3. The van der Waals surface area contributed by atoms with Gasteiger partial charge in [0.1, 0.15) is 6.61 Å². The minimum absolute atomic E-state index is 0.0230. The van der Waals surface area contributed by atoms with Crippen molar-refractivity contribution in [2.75, 3.05) is 26.3 Å². The summed E-state index contributed by atoms with van der Waals surface area (Å²) in [4.78, 5) is 38.0. The molecule has 2 N–H and O–H groups in total. The van der Waals surface area contributed by atoms with Gasteiger partial charge in [0.05, 0.1) is 25.1 Å². The van der Waals surface area contributed by atoms with Crippen molar-refractivity contribution in [1.82, 2.24) is 10.2 Å². The summed E-state index contributed by atoms with van der Waals surface area (Å²) in [5.74, 6) is -1.28. The van der Waals surface area contributed by atoms with Gasteiger partial charge in [-0.2, -0.15) is 0 Å². The number of hydrogen-bond acceptors (Lipinski definition) is 5. The van der Waals surface area contributed by atoms with Crippen molar-refractivity contribution >= 4 is 18.0 Å². The number of aliphatic carboxylic acids is 1. The van der Waals surface area contributed by atoms with E-state index in [2.05, 4.69) is 29.6 Å². The van der Waals surface area contributed by atoms with Crippen LogP contribution >= 0.6 is 0 Å². The number of ether oxygens (including phenoxy) is 2. The van der Waals surface area contributed by atoms with Crippen LogP contribution in [-0.2, 0) is 19.1 Å². The van der Waals surface area contributed by atoms with E-state index in [1.807, 2.05) is 24.3 Å². The number of rotatable bonds is 6. The summed E-state index contributed by atoms with van der Waals surface area (Å²) in [7, 11) is 0. The Balaban J connectivity index is 1.18. The highest BCUT2D eigenvalue weighted by Gasteiger charge is 2.47. The normalized spacial score (nSPS) is 20.5. The third kappa shape index (κ3) is 4.30. The summed E-state index contributed by atoms with van der Waals surface area (Å²) >= 11 is 0. The van der Waals surface area contributed by atoms with Crippen LogP contribution in [0.25, 0.3) is 11.1 Å². The lowest BCUT2D eigenvalue weighted by atomic mass is 9.98. The van der Waals surface area contributed by atoms with Crippen LogP contribution in [0.3, 0.4) is 0 Å². The predicted octanol–water partition coefficient (Wildman–Crippen LogP) is 2.76. The maximum absolute atomic E-state index is 12.7. The number of carbonyl (C=O) groups excluding carboxylic acids is 2. The van der Waals surface area contributed by atoms with Crippen LogP contribution in [0.15, 0.2) is 48.5 Å². The van der Waals surface area contributed by atoms with E-state index >= 15 is 0 Å². The number of carboxylic acid groups (broad SMARTS) is 1. The van der Waals surface area contributed by atoms with Crippen LogP contribution in [0.2, 0.25) is 0 Å². The summed E-state index contributed by atoms with van der Waals surface area (Å²) in [5.41, 5.74) is 4.00. The SMILES string of the molecule is O=C(NC1(CC(=O)N2CCOC(C(=O)O)C2)CC1)OCC1c2ccccc2-c2ccccc21. The van der Waals surface area contributed by atoms with Gasteiger partial charge in [-0.1, -0.05) is 48.5 Å². The lowest BCUT2D eigenvalue weighted by molar-refractivity contribution is -0.159. The predicted molar refractivity (Wildman–Crippen MR) is 119 cm³/mol. The van der Waals surface area contributed by atoms with Crippen LogP contribution in [0, 0.1) is 0 Å². The molecule has 2 aromatic rings. The Hall–Kier alpha value is -3.39. The number of carboxylic acids is 1. The molecule has 2 aliphatic carbocycles. The summed E-state index contributed by atoms with van der Waals surface area (Å²) in [6.07, 6.45) is -0.0325. The van der Waals surface area contributed by atoms with Gasteiger partial charge in [0.25, 0.3) is 0 Å². The molecule has 0 spiro atoms. The minimum Gasteiger partial charge on any atom is -0.479 e. The number of morpholine rings is 1. The van der Waals surface area contributed by atoms with E-state index < -0.39 is 23.7 Å². The fourth-order valence-electron chi connectivity index (χ4n) is 4.77. The summed E-state index contributed by atoms with van der Waals surface area (Å²) < 4.78 is 10.8. The van der Waals surface area contributed by atoms with E-state index in [9.17, 15) is 14.4 Å². The van der Waals surface area contributed by atoms with Gasteiger partial charge in [-0.05, 0) is 35.1 Å². The molecule has 1 saturated heterocycles. The van der Waals surface area contributed by atoms with E-state index in [0.29, 0.717) is 19.4 Å². The Labute approximate surface area is 191 Å². The van der Waals surface area contributed by atoms with Crippen LogP contribution < -0.4 is 5.32 Å². The first-order valence-corrected chi connectivity index (χ1v) is 11.2. The van der Waals surface area contributed by atoms with E-state index in [1.54, 1.807) is 0 Å². The summed E-state index contributed by atoms with van der Waals surface area (Å²) in [6.45, 7) is 0.780. The molecule has 3 aliphatic rings. The molecule has 2 aromatic carbocycles. The molecule has 1 atom stereocenters. The molecule has 0 radical (unpaired) electrons. The maximum Gasteiger partial charge on any atom is 0.407 e. The first-order valence-electron chi connectivity index (χ1n) is 11.2. The number of amides is 2. The average Bonchev–Trinajstić information content (AvgIpc) is 3.50. The number of hydrogen-bond donors (Lipinski definition) is 2. The molecule has 5 rings (SSSR count). The molecule has 8 nitrogen and oxygen atoms in total. The number of alkyl carbamates (subject to hydrolysis) is 1. The third-order valence-electron chi connectivity index (χ3n) is 6.75. The number of nitrogens with one attached hydrogen (secondary N) is 1. The van der Waals surface area contributed by atoms with Crippen LogP contribution in [0.1, 0.15) is 36.3 Å². The highest BCUT2D eigenvalue weighted by molar-refractivity contribution is 5.82. The van der Waals surface area contributed by atoms with Gasteiger partial charge in [-0.15, -0.1) is 0 Å². The van der Waals surface area contributed by atoms with E-state index in [1.165, 1.54) is 4.90 Å². The molecule has 8 heteroatoms. The van der Waals surface area contributed by atoms with Crippen LogP contribution in [-0.4, -0.2) is 65.9 Å². The van der Waals surface area contributed by atoms with Gasteiger partial charge in [0, 0.05) is 12.5 Å². The zero-order valence-corrected chi connectivity index (χ0v) is 18.2. The van der Waals surface area contributed by atoms with Crippen LogP contribution in [0.4, 0.5) is 4.79 Å². The molecular formula is C25H26N2O6. The molecule has 172 valence electrons. The number of nitrogens with zero attached hydrogens (tertiary/aromatic N) is 1.